The van der Waals surface area contributed by atoms with Gasteiger partial charge in [0, 0.05) is 11.1 Å². The van der Waals surface area contributed by atoms with E-state index in [9.17, 15) is 4.39 Å². The molecule has 27 heavy (non-hydrogen) atoms. The van der Waals surface area contributed by atoms with E-state index in [1.54, 1.807) is 36.1 Å². The lowest BCUT2D eigenvalue weighted by molar-refractivity contribution is 0.284. The van der Waals surface area contributed by atoms with Gasteiger partial charge in [0.25, 0.3) is 0 Å². The first-order valence-electron chi connectivity index (χ1n) is 8.09. The van der Waals surface area contributed by atoms with Crippen LogP contribution < -0.4 is 14.9 Å². The van der Waals surface area contributed by atoms with E-state index in [0.717, 1.165) is 11.1 Å². The molecule has 0 amide bonds. The normalized spacial score (nSPS) is 10.7. The number of methoxy groups -OCH3 is 1. The van der Waals surface area contributed by atoms with Crippen LogP contribution in [0.4, 0.5) is 4.39 Å². The Morgan fingerprint density at radius 2 is 2.00 bits per heavy atom. The van der Waals surface area contributed by atoms with Crippen molar-refractivity contribution in [1.29, 1.82) is 0 Å². The van der Waals surface area contributed by atoms with Gasteiger partial charge in [-0.25, -0.2) is 9.07 Å². The van der Waals surface area contributed by atoms with Gasteiger partial charge in [-0.3, -0.25) is 5.10 Å². The van der Waals surface area contributed by atoms with E-state index in [2.05, 4.69) is 15.6 Å². The molecule has 0 saturated heterocycles. The van der Waals surface area contributed by atoms with Crippen molar-refractivity contribution in [1.82, 2.24) is 14.9 Å². The van der Waals surface area contributed by atoms with Crippen LogP contribution in [-0.4, -0.2) is 22.0 Å². The Hall–Kier alpha value is -2.58. The highest BCUT2D eigenvalue weighted by atomic mass is 35.5. The van der Waals surface area contributed by atoms with Crippen LogP contribution in [0.2, 0.25) is 5.02 Å². The molecule has 6 nitrogen and oxygen atoms in total. The van der Waals surface area contributed by atoms with Crippen molar-refractivity contribution >= 4 is 23.8 Å². The first-order chi connectivity index (χ1) is 13.0. The largest absolute Gasteiger partial charge is 0.493 e. The maximum atomic E-state index is 13.0. The molecule has 0 bridgehead atoms. The predicted octanol–water partition coefficient (Wildman–Crippen LogP) is 4.37. The highest BCUT2D eigenvalue weighted by Gasteiger charge is 2.12. The summed E-state index contributed by atoms with van der Waals surface area (Å²) in [6.45, 7) is 2.52. The van der Waals surface area contributed by atoms with Crippen molar-refractivity contribution < 1.29 is 13.9 Å². The fourth-order valence-corrected chi connectivity index (χ4v) is 2.92. The molecule has 0 unspecified atom stereocenters. The van der Waals surface area contributed by atoms with E-state index >= 15 is 0 Å². The summed E-state index contributed by atoms with van der Waals surface area (Å²) in [6, 6.07) is 9.61. The monoisotopic (exact) mass is 408 g/mol. The van der Waals surface area contributed by atoms with Crippen LogP contribution in [0.25, 0.3) is 0 Å². The van der Waals surface area contributed by atoms with Crippen molar-refractivity contribution in [2.45, 2.75) is 20.1 Å². The molecule has 1 heterocycles. The Morgan fingerprint density at radius 3 is 2.63 bits per heavy atom. The summed E-state index contributed by atoms with van der Waals surface area (Å²) in [6.07, 6.45) is 0. The van der Waals surface area contributed by atoms with Gasteiger partial charge in [-0.15, -0.1) is 0 Å². The van der Waals surface area contributed by atoms with E-state index in [1.165, 1.54) is 12.1 Å². The van der Waals surface area contributed by atoms with Crippen LogP contribution in [0.3, 0.4) is 0 Å². The second-order valence-corrected chi connectivity index (χ2v) is 6.55. The van der Waals surface area contributed by atoms with Crippen LogP contribution in [0, 0.1) is 17.5 Å². The van der Waals surface area contributed by atoms with Crippen molar-refractivity contribution in [2.75, 3.05) is 12.5 Å². The van der Waals surface area contributed by atoms with Gasteiger partial charge in [0.1, 0.15) is 18.2 Å². The summed E-state index contributed by atoms with van der Waals surface area (Å²) in [4.78, 5) is 0. The standard InChI is InChI=1S/C18H18ClFN4O2S/c1-11-22-23-18(27)24(11)21-9-13-7-16(25-2)17(8-15(13)19)26-10-12-3-5-14(20)6-4-12/h3-8,21H,9-10H2,1-2H3,(H,23,27). The average Bonchev–Trinajstić information content (AvgIpc) is 2.98. The van der Waals surface area contributed by atoms with Crippen molar-refractivity contribution in [3.05, 3.63) is 69.0 Å². The minimum Gasteiger partial charge on any atom is -0.493 e. The van der Waals surface area contributed by atoms with Gasteiger partial charge >= 0.3 is 0 Å². The Morgan fingerprint density at radius 1 is 1.26 bits per heavy atom. The average molecular weight is 409 g/mol. The lowest BCUT2D eigenvalue weighted by Gasteiger charge is -2.15. The summed E-state index contributed by atoms with van der Waals surface area (Å²) in [5.41, 5.74) is 4.80. The molecule has 2 aromatic carbocycles. The molecule has 3 aromatic rings. The van der Waals surface area contributed by atoms with Crippen molar-refractivity contribution in [3.63, 3.8) is 0 Å². The molecule has 0 atom stereocenters. The Kier molecular flexibility index (Phi) is 5.98. The molecule has 0 spiro atoms. The zero-order valence-corrected chi connectivity index (χ0v) is 16.3. The highest BCUT2D eigenvalue weighted by Crippen LogP contribution is 2.34. The first-order valence-corrected chi connectivity index (χ1v) is 8.88. The molecule has 0 radical (unpaired) electrons. The number of hydrogen-bond acceptors (Lipinski definition) is 5. The molecule has 1 aromatic heterocycles. The third-order valence-electron chi connectivity index (χ3n) is 3.91. The van der Waals surface area contributed by atoms with Crippen LogP contribution in [0.1, 0.15) is 17.0 Å². The maximum Gasteiger partial charge on any atom is 0.214 e. The number of hydrogen-bond donors (Lipinski definition) is 2. The van der Waals surface area contributed by atoms with Gasteiger partial charge in [-0.1, -0.05) is 23.7 Å². The highest BCUT2D eigenvalue weighted by molar-refractivity contribution is 7.71. The number of aryl methyl sites for hydroxylation is 1. The minimum absolute atomic E-state index is 0.272. The number of benzene rings is 2. The number of aromatic amines is 1. The van der Waals surface area contributed by atoms with Crippen molar-refractivity contribution in [3.8, 4) is 11.5 Å². The Balaban J connectivity index is 1.74. The third kappa shape index (κ3) is 4.58. The van der Waals surface area contributed by atoms with Gasteiger partial charge in [-0.2, -0.15) is 5.10 Å². The summed E-state index contributed by atoms with van der Waals surface area (Å²) in [5, 5.41) is 7.27. The topological polar surface area (TPSA) is 64.1 Å². The molecule has 0 fully saturated rings. The maximum absolute atomic E-state index is 13.0. The third-order valence-corrected chi connectivity index (χ3v) is 4.53. The lowest BCUT2D eigenvalue weighted by Crippen LogP contribution is -2.16. The molecular weight excluding hydrogens is 391 g/mol. The fraction of sp³-hybridized carbons (Fsp3) is 0.222. The molecule has 0 aliphatic rings. The number of aromatic nitrogens is 3. The van der Waals surface area contributed by atoms with E-state index in [4.69, 9.17) is 33.3 Å². The van der Waals surface area contributed by atoms with E-state index < -0.39 is 0 Å². The SMILES string of the molecule is COc1cc(CNn2c(C)n[nH]c2=S)c(Cl)cc1OCc1ccc(F)cc1. The number of ether oxygens (including phenoxy) is 2. The van der Waals surface area contributed by atoms with Crippen LogP contribution >= 0.6 is 23.8 Å². The molecule has 3 rings (SSSR count). The second-order valence-electron chi connectivity index (χ2n) is 5.76. The molecular formula is C18H18ClFN4O2S. The van der Waals surface area contributed by atoms with E-state index in [-0.39, 0.29) is 12.4 Å². The Labute approximate surface area is 165 Å². The van der Waals surface area contributed by atoms with Crippen LogP contribution in [-0.2, 0) is 13.2 Å². The Bertz CT molecular complexity index is 988. The molecule has 142 valence electrons. The van der Waals surface area contributed by atoms with Gasteiger partial charge in [0.2, 0.25) is 4.77 Å². The van der Waals surface area contributed by atoms with Gasteiger partial charge in [0.15, 0.2) is 11.5 Å². The number of nitrogens with one attached hydrogen (secondary N) is 2. The van der Waals surface area contributed by atoms with Gasteiger partial charge in [0.05, 0.1) is 13.7 Å². The summed E-state index contributed by atoms with van der Waals surface area (Å²) >= 11 is 11.6. The molecule has 2 N–H and O–H groups in total. The first kappa shape index (κ1) is 19.2. The zero-order chi connectivity index (χ0) is 19.4. The molecule has 0 saturated carbocycles. The summed E-state index contributed by atoms with van der Waals surface area (Å²) in [7, 11) is 1.56. The number of rotatable bonds is 7. The molecule has 9 heteroatoms. The number of halogens is 2. The number of nitrogens with zero attached hydrogens (tertiary/aromatic N) is 2. The van der Waals surface area contributed by atoms with Gasteiger partial charge < -0.3 is 14.9 Å². The van der Waals surface area contributed by atoms with Crippen molar-refractivity contribution in [2.24, 2.45) is 0 Å². The second kappa shape index (κ2) is 8.41. The quantitative estimate of drug-likeness (QED) is 0.568. The molecule has 0 aliphatic carbocycles. The van der Waals surface area contributed by atoms with E-state index in [1.807, 2.05) is 6.92 Å². The van der Waals surface area contributed by atoms with Crippen LogP contribution in [0.5, 0.6) is 11.5 Å². The smallest absolute Gasteiger partial charge is 0.214 e. The van der Waals surface area contributed by atoms with Crippen LogP contribution in [0.15, 0.2) is 36.4 Å². The molecule has 0 aliphatic heterocycles. The predicted molar refractivity (Wildman–Crippen MR) is 104 cm³/mol. The number of H-pyrrole nitrogens is 1. The fourth-order valence-electron chi connectivity index (χ4n) is 2.45. The summed E-state index contributed by atoms with van der Waals surface area (Å²) < 4.78 is 26.3. The van der Waals surface area contributed by atoms with E-state index in [0.29, 0.717) is 33.7 Å². The van der Waals surface area contributed by atoms with Gasteiger partial charge in [-0.05, 0) is 48.5 Å². The lowest BCUT2D eigenvalue weighted by atomic mass is 10.2. The zero-order valence-electron chi connectivity index (χ0n) is 14.8. The minimum atomic E-state index is -0.288. The summed E-state index contributed by atoms with van der Waals surface area (Å²) in [5.74, 6) is 1.48.